The molecule has 0 aliphatic carbocycles. The number of carboxylic acid groups (broad SMARTS) is 1. The van der Waals surface area contributed by atoms with Crippen molar-refractivity contribution in [2.75, 3.05) is 13.1 Å². The number of amides is 1. The fraction of sp³-hybridized carbons (Fsp3) is 0.500. The molecule has 140 valence electrons. The van der Waals surface area contributed by atoms with Gasteiger partial charge < -0.3 is 19.0 Å². The zero-order valence-electron chi connectivity index (χ0n) is 14.8. The van der Waals surface area contributed by atoms with E-state index < -0.39 is 5.97 Å². The molecule has 26 heavy (non-hydrogen) atoms. The van der Waals surface area contributed by atoms with Crippen LogP contribution in [-0.2, 0) is 17.6 Å². The Morgan fingerprint density at radius 2 is 2.27 bits per heavy atom. The predicted octanol–water partition coefficient (Wildman–Crippen LogP) is 3.02. The van der Waals surface area contributed by atoms with Gasteiger partial charge in [-0.25, -0.2) is 4.98 Å². The standard InChI is InChI=1S/C18H23N3O4S/c1-20-10-8-19-18(20)26-12-14-5-6-15(25-14)17(24)21-9-2-3-13(11-21)4-7-16(22)23/h5-6,8,10,13H,2-4,7,9,11-12H2,1H3,(H,22,23). The summed E-state index contributed by atoms with van der Waals surface area (Å²) in [7, 11) is 1.93. The maximum atomic E-state index is 12.7. The van der Waals surface area contributed by atoms with Gasteiger partial charge in [0.1, 0.15) is 5.76 Å². The molecule has 1 N–H and O–H groups in total. The Morgan fingerprint density at radius 3 is 3.00 bits per heavy atom. The number of thioether (sulfide) groups is 1. The largest absolute Gasteiger partial charge is 0.481 e. The highest BCUT2D eigenvalue weighted by Crippen LogP contribution is 2.25. The van der Waals surface area contributed by atoms with Crippen molar-refractivity contribution in [2.45, 2.75) is 36.6 Å². The number of aromatic nitrogens is 2. The van der Waals surface area contributed by atoms with Crippen LogP contribution in [0.15, 0.2) is 34.1 Å². The highest BCUT2D eigenvalue weighted by Gasteiger charge is 2.26. The van der Waals surface area contributed by atoms with Crippen LogP contribution in [0.4, 0.5) is 0 Å². The van der Waals surface area contributed by atoms with Crippen molar-refractivity contribution in [3.05, 3.63) is 36.0 Å². The number of furan rings is 1. The monoisotopic (exact) mass is 377 g/mol. The lowest BCUT2D eigenvalue weighted by Gasteiger charge is -2.32. The Hall–Kier alpha value is -2.22. The molecule has 8 heteroatoms. The number of aryl methyl sites for hydroxylation is 1. The molecule has 1 saturated heterocycles. The number of imidazole rings is 1. The maximum Gasteiger partial charge on any atom is 0.303 e. The van der Waals surface area contributed by atoms with Crippen molar-refractivity contribution in [2.24, 2.45) is 13.0 Å². The van der Waals surface area contributed by atoms with Gasteiger partial charge in [-0.15, -0.1) is 0 Å². The third kappa shape index (κ3) is 4.69. The first-order valence-corrected chi connectivity index (χ1v) is 9.71. The summed E-state index contributed by atoms with van der Waals surface area (Å²) >= 11 is 1.55. The molecule has 0 saturated carbocycles. The van der Waals surface area contributed by atoms with Crippen molar-refractivity contribution in [3.8, 4) is 0 Å². The smallest absolute Gasteiger partial charge is 0.303 e. The number of aliphatic carboxylic acids is 1. The second kappa shape index (κ2) is 8.44. The van der Waals surface area contributed by atoms with Gasteiger partial charge in [-0.05, 0) is 37.3 Å². The van der Waals surface area contributed by atoms with Gasteiger partial charge in [0, 0.05) is 39.0 Å². The van der Waals surface area contributed by atoms with E-state index in [1.807, 2.05) is 23.9 Å². The fourth-order valence-corrected chi connectivity index (χ4v) is 3.99. The first-order valence-electron chi connectivity index (χ1n) is 8.73. The van der Waals surface area contributed by atoms with Crippen LogP contribution in [0.1, 0.15) is 42.0 Å². The second-order valence-electron chi connectivity index (χ2n) is 6.57. The van der Waals surface area contributed by atoms with Crippen molar-refractivity contribution in [3.63, 3.8) is 0 Å². The number of carbonyl (C=O) groups excluding carboxylic acids is 1. The van der Waals surface area contributed by atoms with E-state index in [1.165, 1.54) is 0 Å². The van der Waals surface area contributed by atoms with Crippen LogP contribution in [0.3, 0.4) is 0 Å². The quantitative estimate of drug-likeness (QED) is 0.746. The molecule has 0 radical (unpaired) electrons. The molecule has 1 unspecified atom stereocenters. The Kier molecular flexibility index (Phi) is 6.03. The van der Waals surface area contributed by atoms with Gasteiger partial charge in [0.2, 0.25) is 0 Å². The molecule has 0 bridgehead atoms. The summed E-state index contributed by atoms with van der Waals surface area (Å²) in [6.45, 7) is 1.30. The summed E-state index contributed by atoms with van der Waals surface area (Å²) in [6.07, 6.45) is 6.28. The predicted molar refractivity (Wildman–Crippen MR) is 97.0 cm³/mol. The Bertz CT molecular complexity index is 770. The number of likely N-dealkylation sites (tertiary alicyclic amines) is 1. The maximum absolute atomic E-state index is 12.7. The Balaban J connectivity index is 1.55. The molecule has 0 aromatic carbocycles. The highest BCUT2D eigenvalue weighted by molar-refractivity contribution is 7.98. The molecule has 2 aromatic heterocycles. The van der Waals surface area contributed by atoms with Crippen molar-refractivity contribution < 1.29 is 19.1 Å². The lowest BCUT2D eigenvalue weighted by Crippen LogP contribution is -2.39. The minimum Gasteiger partial charge on any atom is -0.481 e. The highest BCUT2D eigenvalue weighted by atomic mass is 32.2. The van der Waals surface area contributed by atoms with Gasteiger partial charge >= 0.3 is 5.97 Å². The molecule has 2 aromatic rings. The van der Waals surface area contributed by atoms with E-state index in [0.29, 0.717) is 31.0 Å². The van der Waals surface area contributed by atoms with Gasteiger partial charge in [0.25, 0.3) is 5.91 Å². The number of piperidine rings is 1. The minimum atomic E-state index is -0.783. The van der Waals surface area contributed by atoms with Crippen LogP contribution in [0.5, 0.6) is 0 Å². The third-order valence-corrected chi connectivity index (χ3v) is 5.65. The normalized spacial score (nSPS) is 17.4. The van der Waals surface area contributed by atoms with E-state index in [0.717, 1.165) is 23.8 Å². The average Bonchev–Trinajstić information content (AvgIpc) is 3.26. The zero-order chi connectivity index (χ0) is 18.5. The minimum absolute atomic E-state index is 0.113. The van der Waals surface area contributed by atoms with E-state index in [9.17, 15) is 9.59 Å². The molecular weight excluding hydrogens is 354 g/mol. The zero-order valence-corrected chi connectivity index (χ0v) is 15.6. The van der Waals surface area contributed by atoms with Gasteiger partial charge in [-0.2, -0.15) is 0 Å². The molecule has 1 aliphatic heterocycles. The molecule has 1 aliphatic rings. The van der Waals surface area contributed by atoms with Crippen molar-refractivity contribution in [1.29, 1.82) is 0 Å². The molecule has 0 spiro atoms. The van der Waals surface area contributed by atoms with E-state index in [-0.39, 0.29) is 18.2 Å². The number of rotatable bonds is 7. The first kappa shape index (κ1) is 18.6. The van der Waals surface area contributed by atoms with Gasteiger partial charge in [0.05, 0.1) is 5.75 Å². The molecule has 3 rings (SSSR count). The third-order valence-electron chi connectivity index (χ3n) is 4.57. The van der Waals surface area contributed by atoms with E-state index in [1.54, 1.807) is 28.9 Å². The summed E-state index contributed by atoms with van der Waals surface area (Å²) in [6, 6.07) is 3.55. The SMILES string of the molecule is Cn1ccnc1SCc1ccc(C(=O)N2CCCC(CCC(=O)O)C2)o1. The number of hydrogen-bond donors (Lipinski definition) is 1. The van der Waals surface area contributed by atoms with Crippen molar-refractivity contribution in [1.82, 2.24) is 14.5 Å². The molecule has 1 fully saturated rings. The van der Waals surface area contributed by atoms with Crippen LogP contribution >= 0.6 is 11.8 Å². The van der Waals surface area contributed by atoms with Crippen molar-refractivity contribution >= 4 is 23.6 Å². The summed E-state index contributed by atoms with van der Waals surface area (Å²) in [5.74, 6) is 1.05. The molecule has 1 amide bonds. The number of nitrogens with zero attached hydrogens (tertiary/aromatic N) is 3. The average molecular weight is 377 g/mol. The van der Waals surface area contributed by atoms with E-state index >= 15 is 0 Å². The molecular formula is C18H23N3O4S. The molecule has 1 atom stereocenters. The fourth-order valence-electron chi connectivity index (χ4n) is 3.17. The lowest BCUT2D eigenvalue weighted by atomic mass is 9.93. The Morgan fingerprint density at radius 1 is 1.42 bits per heavy atom. The van der Waals surface area contributed by atoms with Gasteiger partial charge in [-0.1, -0.05) is 11.8 Å². The molecule has 3 heterocycles. The summed E-state index contributed by atoms with van der Waals surface area (Å²) in [5.41, 5.74) is 0. The van der Waals surface area contributed by atoms with E-state index in [4.69, 9.17) is 9.52 Å². The lowest BCUT2D eigenvalue weighted by molar-refractivity contribution is -0.137. The Labute approximate surface area is 156 Å². The number of hydrogen-bond acceptors (Lipinski definition) is 5. The summed E-state index contributed by atoms with van der Waals surface area (Å²) < 4.78 is 7.66. The second-order valence-corrected chi connectivity index (χ2v) is 7.51. The topological polar surface area (TPSA) is 88.6 Å². The molecule has 7 nitrogen and oxygen atoms in total. The van der Waals surface area contributed by atoms with E-state index in [2.05, 4.69) is 4.98 Å². The van der Waals surface area contributed by atoms with Crippen LogP contribution in [0.2, 0.25) is 0 Å². The van der Waals surface area contributed by atoms with Crippen LogP contribution in [-0.4, -0.2) is 44.5 Å². The van der Waals surface area contributed by atoms with Gasteiger partial charge in [0.15, 0.2) is 10.9 Å². The summed E-state index contributed by atoms with van der Waals surface area (Å²) in [4.78, 5) is 29.5. The van der Waals surface area contributed by atoms with Crippen LogP contribution in [0.25, 0.3) is 0 Å². The first-order chi connectivity index (χ1) is 12.5. The number of carboxylic acids is 1. The number of carbonyl (C=O) groups is 2. The van der Waals surface area contributed by atoms with Gasteiger partial charge in [-0.3, -0.25) is 9.59 Å². The summed E-state index contributed by atoms with van der Waals surface area (Å²) in [5, 5.41) is 9.73. The van der Waals surface area contributed by atoms with Crippen LogP contribution < -0.4 is 0 Å². The van der Waals surface area contributed by atoms with Crippen LogP contribution in [0, 0.1) is 5.92 Å².